The fraction of sp³-hybridized carbons (Fsp3) is 0.812. The molecule has 0 bridgehead atoms. The summed E-state index contributed by atoms with van der Waals surface area (Å²) in [6.07, 6.45) is 6.53. The van der Waals surface area contributed by atoms with Crippen molar-refractivity contribution in [2.24, 2.45) is 5.92 Å². The van der Waals surface area contributed by atoms with Crippen LogP contribution in [0.3, 0.4) is 0 Å². The average molecular weight is 263 g/mol. The van der Waals surface area contributed by atoms with Gasteiger partial charge in [0.2, 0.25) is 0 Å². The Morgan fingerprint density at radius 2 is 2.11 bits per heavy atom. The van der Waals surface area contributed by atoms with E-state index in [4.69, 9.17) is 5.10 Å². The molecule has 1 heterocycles. The first kappa shape index (κ1) is 14.6. The van der Waals surface area contributed by atoms with Crippen LogP contribution >= 0.6 is 0 Å². The third-order valence-electron chi connectivity index (χ3n) is 4.46. The van der Waals surface area contributed by atoms with E-state index in [1.807, 2.05) is 0 Å². The van der Waals surface area contributed by atoms with Crippen LogP contribution in [0.4, 0.5) is 0 Å². The van der Waals surface area contributed by atoms with Crippen molar-refractivity contribution in [3.05, 3.63) is 17.0 Å². The summed E-state index contributed by atoms with van der Waals surface area (Å²) in [5, 5.41) is 8.33. The highest BCUT2D eigenvalue weighted by molar-refractivity contribution is 5.24. The van der Waals surface area contributed by atoms with Gasteiger partial charge in [0.05, 0.1) is 11.7 Å². The highest BCUT2D eigenvalue weighted by Gasteiger charge is 2.23. The van der Waals surface area contributed by atoms with E-state index in [0.717, 1.165) is 19.0 Å². The number of nitrogens with zero attached hydrogens (tertiary/aromatic N) is 2. The average Bonchev–Trinajstić information content (AvgIpc) is 2.67. The zero-order chi connectivity index (χ0) is 13.8. The molecule has 1 aliphatic rings. The van der Waals surface area contributed by atoms with Crippen molar-refractivity contribution in [2.75, 3.05) is 6.54 Å². The molecule has 1 aromatic heterocycles. The number of aromatic nitrogens is 2. The number of rotatable bonds is 5. The van der Waals surface area contributed by atoms with Crippen molar-refractivity contribution >= 4 is 0 Å². The summed E-state index contributed by atoms with van der Waals surface area (Å²) in [5.74, 6) is 0.851. The van der Waals surface area contributed by atoms with Crippen molar-refractivity contribution < 1.29 is 0 Å². The standard InChI is InChI=1S/C16H29N3/c1-5-9-17-11-16-13(3)18-19(14(16)4)15-8-6-7-12(2)10-15/h12,15,17H,5-11H2,1-4H3. The second-order valence-corrected chi connectivity index (χ2v) is 6.20. The molecule has 0 aromatic carbocycles. The summed E-state index contributed by atoms with van der Waals surface area (Å²) in [5.41, 5.74) is 3.99. The molecule has 0 aliphatic heterocycles. The fourth-order valence-electron chi connectivity index (χ4n) is 3.32. The zero-order valence-corrected chi connectivity index (χ0v) is 13.0. The lowest BCUT2D eigenvalue weighted by molar-refractivity contribution is 0.263. The number of aryl methyl sites for hydroxylation is 1. The predicted molar refractivity (Wildman–Crippen MR) is 80.4 cm³/mol. The minimum atomic E-state index is 0.627. The van der Waals surface area contributed by atoms with E-state index in [0.29, 0.717) is 6.04 Å². The van der Waals surface area contributed by atoms with Crippen molar-refractivity contribution in [2.45, 2.75) is 72.4 Å². The van der Waals surface area contributed by atoms with E-state index in [9.17, 15) is 0 Å². The summed E-state index contributed by atoms with van der Waals surface area (Å²) >= 11 is 0. The number of hydrogen-bond donors (Lipinski definition) is 1. The highest BCUT2D eigenvalue weighted by atomic mass is 15.3. The lowest BCUT2D eigenvalue weighted by Gasteiger charge is -2.28. The van der Waals surface area contributed by atoms with E-state index in [2.05, 4.69) is 37.7 Å². The molecule has 1 aromatic rings. The normalized spacial score (nSPS) is 23.8. The van der Waals surface area contributed by atoms with E-state index < -0.39 is 0 Å². The second kappa shape index (κ2) is 6.56. The Kier molecular flexibility index (Phi) is 5.03. The van der Waals surface area contributed by atoms with E-state index >= 15 is 0 Å². The molecule has 3 heteroatoms. The largest absolute Gasteiger partial charge is 0.313 e. The van der Waals surface area contributed by atoms with Crippen LogP contribution in [-0.2, 0) is 6.54 Å². The van der Waals surface area contributed by atoms with Crippen LogP contribution in [0.1, 0.15) is 68.9 Å². The molecule has 1 saturated carbocycles. The molecule has 2 unspecified atom stereocenters. The Balaban J connectivity index is 2.11. The van der Waals surface area contributed by atoms with Crippen molar-refractivity contribution in [1.82, 2.24) is 15.1 Å². The molecule has 2 atom stereocenters. The molecule has 0 spiro atoms. The maximum Gasteiger partial charge on any atom is 0.0641 e. The summed E-state index contributed by atoms with van der Waals surface area (Å²) < 4.78 is 2.31. The minimum Gasteiger partial charge on any atom is -0.313 e. The van der Waals surface area contributed by atoms with Gasteiger partial charge in [-0.15, -0.1) is 0 Å². The van der Waals surface area contributed by atoms with E-state index in [1.54, 1.807) is 0 Å². The predicted octanol–water partition coefficient (Wildman–Crippen LogP) is 3.75. The molecule has 0 amide bonds. The molecule has 1 fully saturated rings. The monoisotopic (exact) mass is 263 g/mol. The third-order valence-corrected chi connectivity index (χ3v) is 4.46. The van der Waals surface area contributed by atoms with Crippen molar-refractivity contribution in [1.29, 1.82) is 0 Å². The molecule has 0 radical (unpaired) electrons. The molecular formula is C16H29N3. The van der Waals surface area contributed by atoms with E-state index in [1.165, 1.54) is 49.1 Å². The SMILES string of the molecule is CCCNCc1c(C)nn(C2CCCC(C)C2)c1C. The second-order valence-electron chi connectivity index (χ2n) is 6.20. The van der Waals surface area contributed by atoms with Gasteiger partial charge in [-0.2, -0.15) is 5.10 Å². The van der Waals surface area contributed by atoms with Gasteiger partial charge in [0.25, 0.3) is 0 Å². The van der Waals surface area contributed by atoms with Crippen LogP contribution in [0.2, 0.25) is 0 Å². The first-order chi connectivity index (χ1) is 9.13. The summed E-state index contributed by atoms with van der Waals surface area (Å²) in [7, 11) is 0. The van der Waals surface area contributed by atoms with Gasteiger partial charge >= 0.3 is 0 Å². The van der Waals surface area contributed by atoms with Gasteiger partial charge in [-0.1, -0.05) is 26.7 Å². The molecule has 0 saturated heterocycles. The Hall–Kier alpha value is -0.830. The topological polar surface area (TPSA) is 29.9 Å². The van der Waals surface area contributed by atoms with Crippen LogP contribution in [0.15, 0.2) is 0 Å². The van der Waals surface area contributed by atoms with Gasteiger partial charge in [0, 0.05) is 17.8 Å². The van der Waals surface area contributed by atoms with Crippen LogP contribution in [0, 0.1) is 19.8 Å². The molecule has 1 aliphatic carbocycles. The van der Waals surface area contributed by atoms with Crippen LogP contribution in [0.5, 0.6) is 0 Å². The smallest absolute Gasteiger partial charge is 0.0641 e. The fourth-order valence-corrected chi connectivity index (χ4v) is 3.32. The quantitative estimate of drug-likeness (QED) is 0.820. The molecule has 1 N–H and O–H groups in total. The lowest BCUT2D eigenvalue weighted by atomic mass is 9.87. The maximum absolute atomic E-state index is 4.82. The highest BCUT2D eigenvalue weighted by Crippen LogP contribution is 2.33. The molecule has 3 nitrogen and oxygen atoms in total. The molecule has 2 rings (SSSR count). The third kappa shape index (κ3) is 3.38. The Morgan fingerprint density at radius 3 is 2.79 bits per heavy atom. The van der Waals surface area contributed by atoms with Gasteiger partial charge in [0.1, 0.15) is 0 Å². The first-order valence-electron chi connectivity index (χ1n) is 7.88. The number of hydrogen-bond acceptors (Lipinski definition) is 2. The summed E-state index contributed by atoms with van der Waals surface area (Å²) in [4.78, 5) is 0. The molecule has 108 valence electrons. The maximum atomic E-state index is 4.82. The Labute approximate surface area is 117 Å². The number of nitrogens with one attached hydrogen (secondary N) is 1. The van der Waals surface area contributed by atoms with Crippen LogP contribution in [0.25, 0.3) is 0 Å². The summed E-state index contributed by atoms with van der Waals surface area (Å²) in [6, 6.07) is 0.627. The van der Waals surface area contributed by atoms with E-state index in [-0.39, 0.29) is 0 Å². The van der Waals surface area contributed by atoms with Gasteiger partial charge < -0.3 is 5.32 Å². The van der Waals surface area contributed by atoms with Crippen molar-refractivity contribution in [3.63, 3.8) is 0 Å². The molecule has 19 heavy (non-hydrogen) atoms. The van der Waals surface area contributed by atoms with Gasteiger partial charge in [-0.25, -0.2) is 0 Å². The Bertz CT molecular complexity index is 408. The van der Waals surface area contributed by atoms with Crippen molar-refractivity contribution in [3.8, 4) is 0 Å². The molecular weight excluding hydrogens is 234 g/mol. The van der Waals surface area contributed by atoms with Gasteiger partial charge in [-0.05, 0) is 45.6 Å². The minimum absolute atomic E-state index is 0.627. The van der Waals surface area contributed by atoms with Gasteiger partial charge in [0.15, 0.2) is 0 Å². The Morgan fingerprint density at radius 1 is 1.32 bits per heavy atom. The van der Waals surface area contributed by atoms with Crippen LogP contribution in [-0.4, -0.2) is 16.3 Å². The summed E-state index contributed by atoms with van der Waals surface area (Å²) in [6.45, 7) is 11.0. The first-order valence-corrected chi connectivity index (χ1v) is 7.88. The zero-order valence-electron chi connectivity index (χ0n) is 13.0. The lowest BCUT2D eigenvalue weighted by Crippen LogP contribution is -2.20. The van der Waals surface area contributed by atoms with Gasteiger partial charge in [-0.3, -0.25) is 4.68 Å². The van der Waals surface area contributed by atoms with Crippen LogP contribution < -0.4 is 5.32 Å².